The monoisotopic (exact) mass is 368 g/mol. The molecule has 0 atom stereocenters. The van der Waals surface area contributed by atoms with Gasteiger partial charge in [-0.2, -0.15) is 0 Å². The number of hydrogen-bond acceptors (Lipinski definition) is 3. The largest absolute Gasteiger partial charge is 0.357 e. The maximum Gasteiger partial charge on any atom is 0.190 e. The lowest BCUT2D eigenvalue weighted by molar-refractivity contribution is 0.805. The SMILES string of the molecule is CCNC(=NC)NCCc1nc(C)c(C)s1.I. The Balaban J connectivity index is 0.00000256. The smallest absolute Gasteiger partial charge is 0.190 e. The van der Waals surface area contributed by atoms with Gasteiger partial charge in [0.25, 0.3) is 0 Å². The van der Waals surface area contributed by atoms with E-state index in [1.807, 2.05) is 0 Å². The van der Waals surface area contributed by atoms with Crippen LogP contribution in [0.2, 0.25) is 0 Å². The first-order valence-corrected chi connectivity index (χ1v) is 6.36. The number of guanidine groups is 1. The number of thiazole rings is 1. The molecule has 0 saturated carbocycles. The molecular weight excluding hydrogens is 347 g/mol. The molecule has 0 aliphatic carbocycles. The number of nitrogens with zero attached hydrogens (tertiary/aromatic N) is 2. The minimum atomic E-state index is 0. The van der Waals surface area contributed by atoms with Crippen LogP contribution in [-0.4, -0.2) is 31.1 Å². The van der Waals surface area contributed by atoms with E-state index in [4.69, 9.17) is 0 Å². The van der Waals surface area contributed by atoms with Gasteiger partial charge in [-0.25, -0.2) is 4.98 Å². The van der Waals surface area contributed by atoms with Crippen LogP contribution in [0.3, 0.4) is 0 Å². The van der Waals surface area contributed by atoms with Gasteiger partial charge < -0.3 is 10.6 Å². The molecule has 2 N–H and O–H groups in total. The van der Waals surface area contributed by atoms with Crippen molar-refractivity contribution >= 4 is 41.3 Å². The number of hydrogen-bond donors (Lipinski definition) is 2. The van der Waals surface area contributed by atoms with E-state index in [0.717, 1.165) is 31.2 Å². The van der Waals surface area contributed by atoms with Crippen LogP contribution >= 0.6 is 35.3 Å². The quantitative estimate of drug-likeness (QED) is 0.486. The molecule has 0 spiro atoms. The van der Waals surface area contributed by atoms with Gasteiger partial charge in [-0.05, 0) is 20.8 Å². The summed E-state index contributed by atoms with van der Waals surface area (Å²) >= 11 is 1.78. The number of nitrogens with one attached hydrogen (secondary N) is 2. The first-order valence-electron chi connectivity index (χ1n) is 5.54. The van der Waals surface area contributed by atoms with E-state index < -0.39 is 0 Å². The van der Waals surface area contributed by atoms with Crippen molar-refractivity contribution in [1.82, 2.24) is 15.6 Å². The Morgan fingerprint density at radius 1 is 1.35 bits per heavy atom. The second-order valence-electron chi connectivity index (χ2n) is 3.53. The highest BCUT2D eigenvalue weighted by molar-refractivity contribution is 14.0. The van der Waals surface area contributed by atoms with E-state index in [0.29, 0.717) is 0 Å². The van der Waals surface area contributed by atoms with Gasteiger partial charge in [0, 0.05) is 31.4 Å². The van der Waals surface area contributed by atoms with E-state index in [-0.39, 0.29) is 24.0 Å². The molecule has 0 aliphatic heterocycles. The van der Waals surface area contributed by atoms with Crippen LogP contribution < -0.4 is 10.6 Å². The molecule has 1 heterocycles. The minimum absolute atomic E-state index is 0. The van der Waals surface area contributed by atoms with Gasteiger partial charge in [0.1, 0.15) is 0 Å². The molecule has 0 bridgehead atoms. The molecule has 0 radical (unpaired) electrons. The lowest BCUT2D eigenvalue weighted by atomic mass is 10.4. The van der Waals surface area contributed by atoms with Crippen LogP contribution in [0.25, 0.3) is 0 Å². The number of rotatable bonds is 4. The molecule has 1 aromatic heterocycles. The fraction of sp³-hybridized carbons (Fsp3) is 0.636. The molecule has 0 fully saturated rings. The molecule has 4 nitrogen and oxygen atoms in total. The van der Waals surface area contributed by atoms with Crippen molar-refractivity contribution in [2.24, 2.45) is 4.99 Å². The molecule has 1 rings (SSSR count). The highest BCUT2D eigenvalue weighted by Crippen LogP contribution is 2.16. The van der Waals surface area contributed by atoms with Gasteiger partial charge in [-0.3, -0.25) is 4.99 Å². The highest BCUT2D eigenvalue weighted by Gasteiger charge is 2.03. The molecule has 0 aliphatic rings. The Morgan fingerprint density at radius 3 is 2.53 bits per heavy atom. The van der Waals surface area contributed by atoms with Crippen molar-refractivity contribution in [2.45, 2.75) is 27.2 Å². The van der Waals surface area contributed by atoms with Crippen molar-refractivity contribution in [3.8, 4) is 0 Å². The lowest BCUT2D eigenvalue weighted by Gasteiger charge is -2.08. The van der Waals surface area contributed by atoms with Gasteiger partial charge in [0.15, 0.2) is 5.96 Å². The Labute approximate surface area is 124 Å². The summed E-state index contributed by atoms with van der Waals surface area (Å²) in [6.07, 6.45) is 0.948. The third kappa shape index (κ3) is 5.67. The summed E-state index contributed by atoms with van der Waals surface area (Å²) in [5.74, 6) is 0.854. The number of halogens is 1. The van der Waals surface area contributed by atoms with Crippen LogP contribution in [0.1, 0.15) is 22.5 Å². The van der Waals surface area contributed by atoms with Gasteiger partial charge >= 0.3 is 0 Å². The van der Waals surface area contributed by atoms with E-state index >= 15 is 0 Å². The van der Waals surface area contributed by atoms with Crippen molar-refractivity contribution in [3.05, 3.63) is 15.6 Å². The maximum absolute atomic E-state index is 4.50. The van der Waals surface area contributed by atoms with Crippen molar-refractivity contribution in [3.63, 3.8) is 0 Å². The average molecular weight is 368 g/mol. The molecule has 0 aromatic carbocycles. The van der Waals surface area contributed by atoms with Crippen molar-refractivity contribution in [1.29, 1.82) is 0 Å². The van der Waals surface area contributed by atoms with Crippen LogP contribution in [-0.2, 0) is 6.42 Å². The minimum Gasteiger partial charge on any atom is -0.357 e. The third-order valence-corrected chi connectivity index (χ3v) is 3.40. The van der Waals surface area contributed by atoms with E-state index in [1.54, 1.807) is 18.4 Å². The third-order valence-electron chi connectivity index (χ3n) is 2.27. The Hall–Kier alpha value is -0.370. The molecule has 98 valence electrons. The summed E-state index contributed by atoms with van der Waals surface area (Å²) in [4.78, 5) is 9.92. The van der Waals surface area contributed by atoms with Crippen molar-refractivity contribution in [2.75, 3.05) is 20.1 Å². The summed E-state index contributed by atoms with van der Waals surface area (Å²) < 4.78 is 0. The van der Waals surface area contributed by atoms with E-state index in [1.165, 1.54) is 9.88 Å². The van der Waals surface area contributed by atoms with E-state index in [9.17, 15) is 0 Å². The zero-order chi connectivity index (χ0) is 12.0. The highest BCUT2D eigenvalue weighted by atomic mass is 127. The Morgan fingerprint density at radius 2 is 2.06 bits per heavy atom. The summed E-state index contributed by atoms with van der Waals surface area (Å²) in [5.41, 5.74) is 1.15. The van der Waals surface area contributed by atoms with Gasteiger partial charge in [-0.1, -0.05) is 0 Å². The normalized spacial score (nSPS) is 10.9. The van der Waals surface area contributed by atoms with Gasteiger partial charge in [-0.15, -0.1) is 35.3 Å². The molecule has 0 amide bonds. The standard InChI is InChI=1S/C11H20N4S.HI/c1-5-13-11(12-4)14-7-6-10-15-8(2)9(3)16-10;/h5-7H2,1-4H3,(H2,12,13,14);1H. The first kappa shape index (κ1) is 16.6. The molecule has 1 aromatic rings. The summed E-state index contributed by atoms with van der Waals surface area (Å²) in [5, 5.41) is 7.60. The second-order valence-corrected chi connectivity index (χ2v) is 4.82. The topological polar surface area (TPSA) is 49.3 Å². The van der Waals surface area contributed by atoms with Crippen LogP contribution in [0, 0.1) is 13.8 Å². The number of aromatic nitrogens is 1. The maximum atomic E-state index is 4.50. The Kier molecular flexibility index (Phi) is 8.49. The molecular formula is C11H21IN4S. The molecule has 6 heteroatoms. The zero-order valence-corrected chi connectivity index (χ0v) is 14.0. The first-order chi connectivity index (χ1) is 7.67. The van der Waals surface area contributed by atoms with Crippen molar-refractivity contribution < 1.29 is 0 Å². The predicted molar refractivity (Wildman–Crippen MR) is 85.7 cm³/mol. The average Bonchev–Trinajstić information content (AvgIpc) is 2.57. The van der Waals surface area contributed by atoms with Crippen LogP contribution in [0.4, 0.5) is 0 Å². The number of aliphatic imine (C=N–C) groups is 1. The molecule has 0 unspecified atom stereocenters. The second kappa shape index (κ2) is 8.68. The summed E-state index contributed by atoms with van der Waals surface area (Å²) in [6.45, 7) is 7.98. The summed E-state index contributed by atoms with van der Waals surface area (Å²) in [7, 11) is 1.78. The Bertz CT molecular complexity index is 343. The predicted octanol–water partition coefficient (Wildman–Crippen LogP) is 2.11. The zero-order valence-electron chi connectivity index (χ0n) is 10.8. The molecule has 0 saturated heterocycles. The fourth-order valence-electron chi connectivity index (χ4n) is 1.32. The number of aryl methyl sites for hydroxylation is 2. The van der Waals surface area contributed by atoms with E-state index in [2.05, 4.69) is 41.4 Å². The van der Waals surface area contributed by atoms with Gasteiger partial charge in [0.2, 0.25) is 0 Å². The molecule has 17 heavy (non-hydrogen) atoms. The lowest BCUT2D eigenvalue weighted by Crippen LogP contribution is -2.38. The summed E-state index contributed by atoms with van der Waals surface area (Å²) in [6, 6.07) is 0. The van der Waals surface area contributed by atoms with Crippen LogP contribution in [0.5, 0.6) is 0 Å². The fourth-order valence-corrected chi connectivity index (χ4v) is 2.26. The van der Waals surface area contributed by atoms with Gasteiger partial charge in [0.05, 0.1) is 10.7 Å². The van der Waals surface area contributed by atoms with Crippen LogP contribution in [0.15, 0.2) is 4.99 Å².